The van der Waals surface area contributed by atoms with Gasteiger partial charge in [0.05, 0.1) is 11.0 Å². The zero-order valence-corrected chi connectivity index (χ0v) is 16.9. The average molecular weight is 405 g/mol. The van der Waals surface area contributed by atoms with E-state index < -0.39 is 21.1 Å². The summed E-state index contributed by atoms with van der Waals surface area (Å²) in [6.45, 7) is 1.95. The van der Waals surface area contributed by atoms with Crippen LogP contribution in [0.3, 0.4) is 0 Å². The zero-order valence-electron chi connectivity index (χ0n) is 14.4. The molecule has 2 atom stereocenters. The number of amides is 2. The standard InChI is InChI=1S/C16H24N2O4S3/c1-12(19)17-13(6-10-23-2)16(20)18-7-5-15(14-4-3-9-24-14)25(21,22)11-8-18/h3-4,9,13,15H,5-8,10-11H2,1-2H3,(H,17,19). The van der Waals surface area contributed by atoms with Gasteiger partial charge in [0.2, 0.25) is 11.8 Å². The highest BCUT2D eigenvalue weighted by molar-refractivity contribution is 7.98. The molecule has 140 valence electrons. The molecule has 1 N–H and O–H groups in total. The molecule has 1 aliphatic rings. The van der Waals surface area contributed by atoms with E-state index in [2.05, 4.69) is 5.32 Å². The summed E-state index contributed by atoms with van der Waals surface area (Å²) in [6.07, 6.45) is 2.88. The van der Waals surface area contributed by atoms with E-state index in [4.69, 9.17) is 0 Å². The van der Waals surface area contributed by atoms with E-state index in [-0.39, 0.29) is 24.1 Å². The van der Waals surface area contributed by atoms with Crippen molar-refractivity contribution in [3.63, 3.8) is 0 Å². The fourth-order valence-corrected chi connectivity index (χ4v) is 6.39. The molecule has 1 aromatic rings. The molecular formula is C16H24N2O4S3. The molecule has 25 heavy (non-hydrogen) atoms. The predicted octanol–water partition coefficient (Wildman–Crippen LogP) is 1.69. The first-order valence-corrected chi connectivity index (χ1v) is 12.1. The number of hydrogen-bond donors (Lipinski definition) is 1. The van der Waals surface area contributed by atoms with Gasteiger partial charge in [-0.25, -0.2) is 8.42 Å². The molecule has 1 saturated heterocycles. The maximum atomic E-state index is 12.8. The van der Waals surface area contributed by atoms with Crippen LogP contribution in [-0.4, -0.2) is 62.0 Å². The number of nitrogens with one attached hydrogen (secondary N) is 1. The van der Waals surface area contributed by atoms with Crippen LogP contribution in [0.15, 0.2) is 17.5 Å². The molecule has 6 nitrogen and oxygen atoms in total. The number of thioether (sulfide) groups is 1. The Bertz CT molecular complexity index is 688. The Morgan fingerprint density at radius 2 is 2.20 bits per heavy atom. The van der Waals surface area contributed by atoms with Gasteiger partial charge in [-0.05, 0) is 36.3 Å². The quantitative estimate of drug-likeness (QED) is 0.780. The lowest BCUT2D eigenvalue weighted by atomic mass is 10.1. The third-order valence-corrected chi connectivity index (χ3v) is 8.09. The Morgan fingerprint density at radius 3 is 2.80 bits per heavy atom. The normalized spacial score (nSPS) is 21.4. The molecule has 0 aliphatic carbocycles. The number of hydrogen-bond acceptors (Lipinski definition) is 6. The van der Waals surface area contributed by atoms with Crippen LogP contribution in [0.1, 0.15) is 29.9 Å². The van der Waals surface area contributed by atoms with Crippen LogP contribution in [0, 0.1) is 0 Å². The van der Waals surface area contributed by atoms with Crippen LogP contribution in [0.2, 0.25) is 0 Å². The highest BCUT2D eigenvalue weighted by Gasteiger charge is 2.35. The van der Waals surface area contributed by atoms with Crippen LogP contribution < -0.4 is 5.32 Å². The van der Waals surface area contributed by atoms with E-state index in [1.54, 1.807) is 16.7 Å². The molecular weight excluding hydrogens is 380 g/mol. The van der Waals surface area contributed by atoms with Gasteiger partial charge in [-0.3, -0.25) is 9.59 Å². The number of rotatable bonds is 6. The highest BCUT2D eigenvalue weighted by atomic mass is 32.2. The molecule has 0 spiro atoms. The largest absolute Gasteiger partial charge is 0.345 e. The molecule has 9 heteroatoms. The molecule has 0 radical (unpaired) electrons. The van der Waals surface area contributed by atoms with Crippen molar-refractivity contribution in [3.05, 3.63) is 22.4 Å². The second kappa shape index (κ2) is 9.05. The summed E-state index contributed by atoms with van der Waals surface area (Å²) in [7, 11) is -3.29. The smallest absolute Gasteiger partial charge is 0.245 e. The Kier molecular flexibility index (Phi) is 7.33. The fourth-order valence-electron chi connectivity index (χ4n) is 2.92. The minimum Gasteiger partial charge on any atom is -0.345 e. The van der Waals surface area contributed by atoms with Crippen LogP contribution in [-0.2, 0) is 19.4 Å². The van der Waals surface area contributed by atoms with Gasteiger partial charge in [-0.1, -0.05) is 6.07 Å². The van der Waals surface area contributed by atoms with Gasteiger partial charge < -0.3 is 10.2 Å². The molecule has 1 aliphatic heterocycles. The lowest BCUT2D eigenvalue weighted by molar-refractivity contribution is -0.135. The topological polar surface area (TPSA) is 83.6 Å². The Hall–Kier alpha value is -1.06. The van der Waals surface area contributed by atoms with Crippen molar-refractivity contribution >= 4 is 44.8 Å². The summed E-state index contributed by atoms with van der Waals surface area (Å²) in [5.74, 6) is 0.265. The minimum absolute atomic E-state index is 0.0450. The predicted molar refractivity (Wildman–Crippen MR) is 103 cm³/mol. The Balaban J connectivity index is 2.12. The van der Waals surface area contributed by atoms with E-state index in [0.717, 1.165) is 10.6 Å². The van der Waals surface area contributed by atoms with Gasteiger partial charge in [0, 0.05) is 24.9 Å². The SMILES string of the molecule is CSCCC(NC(C)=O)C(=O)N1CCC(c2cccs2)S(=O)(=O)CC1. The molecule has 0 bridgehead atoms. The summed E-state index contributed by atoms with van der Waals surface area (Å²) in [5, 5.41) is 4.02. The van der Waals surface area contributed by atoms with Gasteiger partial charge >= 0.3 is 0 Å². The number of carbonyl (C=O) groups excluding carboxylic acids is 2. The van der Waals surface area contributed by atoms with Crippen LogP contribution in [0.25, 0.3) is 0 Å². The average Bonchev–Trinajstić information content (AvgIpc) is 3.02. The number of thiophene rings is 1. The van der Waals surface area contributed by atoms with Crippen LogP contribution >= 0.6 is 23.1 Å². The third-order valence-electron chi connectivity index (χ3n) is 4.20. The Morgan fingerprint density at radius 1 is 1.44 bits per heavy atom. The van der Waals surface area contributed by atoms with Crippen molar-refractivity contribution < 1.29 is 18.0 Å². The Labute approximate surface area is 157 Å². The first-order valence-electron chi connectivity index (χ1n) is 8.15. The fraction of sp³-hybridized carbons (Fsp3) is 0.625. The maximum Gasteiger partial charge on any atom is 0.245 e. The van der Waals surface area contributed by atoms with Crippen molar-refractivity contribution in [2.45, 2.75) is 31.1 Å². The van der Waals surface area contributed by atoms with Gasteiger partial charge in [0.1, 0.15) is 6.04 Å². The maximum absolute atomic E-state index is 12.8. The van der Waals surface area contributed by atoms with Crippen molar-refractivity contribution in [1.29, 1.82) is 0 Å². The summed E-state index contributed by atoms with van der Waals surface area (Å²) in [5.41, 5.74) is 0. The monoisotopic (exact) mass is 404 g/mol. The first-order chi connectivity index (χ1) is 11.8. The minimum atomic E-state index is -3.29. The number of sulfone groups is 1. The molecule has 0 aromatic carbocycles. The third kappa shape index (κ3) is 5.46. The van der Waals surface area contributed by atoms with Crippen LogP contribution in [0.4, 0.5) is 0 Å². The van der Waals surface area contributed by atoms with Gasteiger partial charge in [-0.2, -0.15) is 11.8 Å². The molecule has 2 amide bonds. The molecule has 0 saturated carbocycles. The summed E-state index contributed by atoms with van der Waals surface area (Å²) >= 11 is 3.04. The summed E-state index contributed by atoms with van der Waals surface area (Å²) in [6, 6.07) is 3.09. The van der Waals surface area contributed by atoms with Gasteiger partial charge in [0.15, 0.2) is 9.84 Å². The van der Waals surface area contributed by atoms with Crippen molar-refractivity contribution in [2.75, 3.05) is 30.9 Å². The van der Waals surface area contributed by atoms with Crippen molar-refractivity contribution in [3.8, 4) is 0 Å². The second-order valence-corrected chi connectivity index (χ2v) is 10.3. The molecule has 1 aromatic heterocycles. The van der Waals surface area contributed by atoms with E-state index in [1.165, 1.54) is 18.3 Å². The summed E-state index contributed by atoms with van der Waals surface area (Å²) in [4.78, 5) is 26.6. The lowest BCUT2D eigenvalue weighted by Gasteiger charge is -2.26. The molecule has 2 unspecified atom stereocenters. The molecule has 2 heterocycles. The first kappa shape index (κ1) is 20.3. The highest BCUT2D eigenvalue weighted by Crippen LogP contribution is 2.32. The van der Waals surface area contributed by atoms with E-state index in [1.807, 2.05) is 23.8 Å². The summed E-state index contributed by atoms with van der Waals surface area (Å²) < 4.78 is 25.2. The number of nitrogens with zero attached hydrogens (tertiary/aromatic N) is 1. The van der Waals surface area contributed by atoms with E-state index >= 15 is 0 Å². The zero-order chi connectivity index (χ0) is 18.4. The van der Waals surface area contributed by atoms with Crippen molar-refractivity contribution in [1.82, 2.24) is 10.2 Å². The number of carbonyl (C=O) groups is 2. The van der Waals surface area contributed by atoms with Gasteiger partial charge in [0.25, 0.3) is 0 Å². The van der Waals surface area contributed by atoms with Gasteiger partial charge in [-0.15, -0.1) is 11.3 Å². The second-order valence-electron chi connectivity index (χ2n) is 6.02. The molecule has 1 fully saturated rings. The van der Waals surface area contributed by atoms with Crippen molar-refractivity contribution in [2.24, 2.45) is 0 Å². The molecule has 2 rings (SSSR count). The van der Waals surface area contributed by atoms with E-state index in [9.17, 15) is 18.0 Å². The lowest BCUT2D eigenvalue weighted by Crippen LogP contribution is -2.49. The van der Waals surface area contributed by atoms with E-state index in [0.29, 0.717) is 19.4 Å². The van der Waals surface area contributed by atoms with Crippen LogP contribution in [0.5, 0.6) is 0 Å².